The van der Waals surface area contributed by atoms with Crippen molar-refractivity contribution in [1.29, 1.82) is 0 Å². The van der Waals surface area contributed by atoms with Gasteiger partial charge in [0.25, 0.3) is 0 Å². The fourth-order valence-corrected chi connectivity index (χ4v) is 2.66. The predicted molar refractivity (Wildman–Crippen MR) is 77.6 cm³/mol. The molecule has 1 aliphatic carbocycles. The lowest BCUT2D eigenvalue weighted by Gasteiger charge is -2.43. The molecule has 0 N–H and O–H groups in total. The molecule has 1 rings (SSSR count). The molecule has 0 unspecified atom stereocenters. The second-order valence-corrected chi connectivity index (χ2v) is 5.38. The third-order valence-electron chi connectivity index (χ3n) is 3.37. The summed E-state index contributed by atoms with van der Waals surface area (Å²) in [6.45, 7) is 4.72. The van der Waals surface area contributed by atoms with Crippen LogP contribution in [0.25, 0.3) is 0 Å². The van der Waals surface area contributed by atoms with E-state index < -0.39 is 54.4 Å². The van der Waals surface area contributed by atoms with Gasteiger partial charge in [0.2, 0.25) is 0 Å². The van der Waals surface area contributed by atoms with Crippen molar-refractivity contribution in [2.45, 2.75) is 64.6 Å². The first-order chi connectivity index (χ1) is 11.1. The van der Waals surface area contributed by atoms with Crippen molar-refractivity contribution >= 4 is 23.9 Å². The molecule has 0 amide bonds. The molecule has 1 fully saturated rings. The van der Waals surface area contributed by atoms with Gasteiger partial charge in [-0.05, 0) is 0 Å². The van der Waals surface area contributed by atoms with Crippen molar-refractivity contribution in [3.63, 3.8) is 0 Å². The molecular weight excluding hydrogens is 324 g/mol. The molecular formula is C15H22O9. The van der Waals surface area contributed by atoms with Gasteiger partial charge in [-0.25, -0.2) is 0 Å². The lowest BCUT2D eigenvalue weighted by atomic mass is 9.86. The van der Waals surface area contributed by atoms with Crippen LogP contribution in [0.5, 0.6) is 0 Å². The van der Waals surface area contributed by atoms with Crippen LogP contribution in [0.3, 0.4) is 0 Å². The van der Waals surface area contributed by atoms with Gasteiger partial charge in [-0.1, -0.05) is 0 Å². The fourth-order valence-electron chi connectivity index (χ4n) is 2.66. The summed E-state index contributed by atoms with van der Waals surface area (Å²) in [6.07, 6.45) is -4.82. The van der Waals surface area contributed by atoms with E-state index in [-0.39, 0.29) is 6.42 Å². The lowest BCUT2D eigenvalue weighted by molar-refractivity contribution is -0.228. The summed E-state index contributed by atoms with van der Waals surface area (Å²) < 4.78 is 26.0. The Kier molecular flexibility index (Phi) is 7.15. The number of rotatable bonds is 5. The lowest BCUT2D eigenvalue weighted by Crippen LogP contribution is -2.61. The highest BCUT2D eigenvalue weighted by atomic mass is 16.6. The number of esters is 4. The van der Waals surface area contributed by atoms with Gasteiger partial charge < -0.3 is 23.7 Å². The molecule has 1 aliphatic rings. The highest BCUT2D eigenvalue weighted by Crippen LogP contribution is 2.31. The van der Waals surface area contributed by atoms with Gasteiger partial charge >= 0.3 is 23.9 Å². The second kappa shape index (κ2) is 8.62. The summed E-state index contributed by atoms with van der Waals surface area (Å²) in [6, 6.07) is 0. The minimum Gasteiger partial charge on any atom is -0.458 e. The molecule has 0 aromatic rings. The Morgan fingerprint density at radius 1 is 0.625 bits per heavy atom. The van der Waals surface area contributed by atoms with Crippen molar-refractivity contribution in [2.24, 2.45) is 0 Å². The molecule has 0 radical (unpaired) electrons. The zero-order valence-electron chi connectivity index (χ0n) is 14.3. The zero-order chi connectivity index (χ0) is 18.4. The zero-order valence-corrected chi connectivity index (χ0v) is 14.3. The van der Waals surface area contributed by atoms with Gasteiger partial charge in [-0.2, -0.15) is 0 Å². The van der Waals surface area contributed by atoms with Gasteiger partial charge in [-0.15, -0.1) is 0 Å². The Bertz CT molecular complexity index is 501. The van der Waals surface area contributed by atoms with Gasteiger partial charge in [-0.3, -0.25) is 19.2 Å². The normalized spacial score (nSPS) is 29.3. The summed E-state index contributed by atoms with van der Waals surface area (Å²) in [5, 5.41) is 0. The third kappa shape index (κ3) is 5.48. The number of carbonyl (C=O) groups is 4. The number of hydrogen-bond acceptors (Lipinski definition) is 9. The van der Waals surface area contributed by atoms with Gasteiger partial charge in [0.15, 0.2) is 18.3 Å². The van der Waals surface area contributed by atoms with Crippen molar-refractivity contribution in [2.75, 3.05) is 7.11 Å². The number of ether oxygens (including phenoxy) is 5. The van der Waals surface area contributed by atoms with E-state index in [4.69, 9.17) is 23.7 Å². The van der Waals surface area contributed by atoms with E-state index in [0.29, 0.717) is 0 Å². The summed E-state index contributed by atoms with van der Waals surface area (Å²) >= 11 is 0. The van der Waals surface area contributed by atoms with Crippen molar-refractivity contribution in [3.05, 3.63) is 0 Å². The molecule has 0 spiro atoms. The number of carbonyl (C=O) groups excluding carboxylic acids is 4. The molecule has 0 heterocycles. The van der Waals surface area contributed by atoms with Crippen molar-refractivity contribution in [1.82, 2.24) is 0 Å². The quantitative estimate of drug-likeness (QED) is 0.506. The maximum absolute atomic E-state index is 11.4. The topological polar surface area (TPSA) is 114 Å². The van der Waals surface area contributed by atoms with Crippen LogP contribution in [0.1, 0.15) is 34.1 Å². The second-order valence-electron chi connectivity index (χ2n) is 5.38. The maximum atomic E-state index is 11.4. The van der Waals surface area contributed by atoms with Crippen LogP contribution in [-0.4, -0.2) is 61.5 Å². The van der Waals surface area contributed by atoms with Crippen LogP contribution in [0, 0.1) is 0 Å². The maximum Gasteiger partial charge on any atom is 0.303 e. The van der Waals surface area contributed by atoms with Gasteiger partial charge in [0.05, 0.1) is 0 Å². The summed E-state index contributed by atoms with van der Waals surface area (Å²) in [5.74, 6) is -2.55. The van der Waals surface area contributed by atoms with E-state index in [1.807, 2.05) is 0 Å². The molecule has 9 nitrogen and oxygen atoms in total. The third-order valence-corrected chi connectivity index (χ3v) is 3.37. The smallest absolute Gasteiger partial charge is 0.303 e. The molecule has 1 saturated carbocycles. The molecule has 0 saturated heterocycles. The molecule has 0 aromatic carbocycles. The SMILES string of the molecule is CO[C@@H]1C[C@H](OC(C)=O)[C@H](OC(C)=O)[C@@H](OC(C)=O)[C@@H]1OC(C)=O. The van der Waals surface area contributed by atoms with E-state index in [2.05, 4.69) is 0 Å². The highest BCUT2D eigenvalue weighted by Gasteiger charge is 2.52. The molecule has 136 valence electrons. The van der Waals surface area contributed by atoms with E-state index in [9.17, 15) is 19.2 Å². The molecule has 0 aliphatic heterocycles. The molecule has 9 heteroatoms. The molecule has 0 aromatic heterocycles. The van der Waals surface area contributed by atoms with Crippen molar-refractivity contribution < 1.29 is 42.9 Å². The minimum absolute atomic E-state index is 0.101. The minimum atomic E-state index is -1.17. The van der Waals surface area contributed by atoms with Crippen LogP contribution in [0.15, 0.2) is 0 Å². The largest absolute Gasteiger partial charge is 0.458 e. The molecule has 5 atom stereocenters. The van der Waals surface area contributed by atoms with Gasteiger partial charge in [0, 0.05) is 41.2 Å². The van der Waals surface area contributed by atoms with Crippen molar-refractivity contribution in [3.8, 4) is 0 Å². The Labute approximate surface area is 139 Å². The average molecular weight is 346 g/mol. The first-order valence-electron chi connectivity index (χ1n) is 7.37. The van der Waals surface area contributed by atoms with Crippen LogP contribution in [0.4, 0.5) is 0 Å². The predicted octanol–water partition coefficient (Wildman–Crippen LogP) is 0.132. The molecule has 24 heavy (non-hydrogen) atoms. The van der Waals surface area contributed by atoms with Crippen LogP contribution >= 0.6 is 0 Å². The van der Waals surface area contributed by atoms with E-state index in [1.165, 1.54) is 27.9 Å². The number of methoxy groups -OCH3 is 1. The van der Waals surface area contributed by atoms with Gasteiger partial charge in [0.1, 0.15) is 12.2 Å². The van der Waals surface area contributed by atoms with E-state index in [1.54, 1.807) is 0 Å². The highest BCUT2D eigenvalue weighted by molar-refractivity contribution is 5.69. The summed E-state index contributed by atoms with van der Waals surface area (Å²) in [7, 11) is 1.38. The first-order valence-corrected chi connectivity index (χ1v) is 7.37. The molecule has 0 bridgehead atoms. The van der Waals surface area contributed by atoms with Crippen LogP contribution in [0.2, 0.25) is 0 Å². The fraction of sp³-hybridized carbons (Fsp3) is 0.733. The summed E-state index contributed by atoms with van der Waals surface area (Å²) in [5.41, 5.74) is 0. The van der Waals surface area contributed by atoms with Crippen LogP contribution in [-0.2, 0) is 42.9 Å². The Morgan fingerprint density at radius 3 is 1.38 bits per heavy atom. The number of hydrogen-bond donors (Lipinski definition) is 0. The Balaban J connectivity index is 3.23. The van der Waals surface area contributed by atoms with E-state index in [0.717, 1.165) is 6.92 Å². The standard InChI is InChI=1S/C15H22O9/c1-7(16)21-12-6-11(20-5)13(22-8(2)17)15(24-10(4)19)14(12)23-9(3)18/h11-15H,6H2,1-5H3/t11-,12+,13-,14+,15+/m1/s1. The first kappa shape index (κ1) is 19.9. The summed E-state index contributed by atoms with van der Waals surface area (Å²) in [4.78, 5) is 45.6. The Hall–Kier alpha value is -2.16. The van der Waals surface area contributed by atoms with Crippen LogP contribution < -0.4 is 0 Å². The monoisotopic (exact) mass is 346 g/mol. The van der Waals surface area contributed by atoms with E-state index >= 15 is 0 Å². The Morgan fingerprint density at radius 2 is 1.00 bits per heavy atom. The average Bonchev–Trinajstić information content (AvgIpc) is 2.42.